The summed E-state index contributed by atoms with van der Waals surface area (Å²) in [5, 5.41) is 14.8. The first-order valence-electron chi connectivity index (χ1n) is 9.01. The summed E-state index contributed by atoms with van der Waals surface area (Å²) in [4.78, 5) is 24.5. The predicted octanol–water partition coefficient (Wildman–Crippen LogP) is 3.01. The van der Waals surface area contributed by atoms with Gasteiger partial charge in [0.05, 0.1) is 7.11 Å². The van der Waals surface area contributed by atoms with Crippen molar-refractivity contribution in [3.05, 3.63) is 65.2 Å². The van der Waals surface area contributed by atoms with Crippen molar-refractivity contribution in [2.24, 2.45) is 0 Å². The lowest BCUT2D eigenvalue weighted by Crippen LogP contribution is -2.26. The number of nitrogens with one attached hydrogen (secondary N) is 2. The Morgan fingerprint density at radius 1 is 1.14 bits per heavy atom. The van der Waals surface area contributed by atoms with Crippen molar-refractivity contribution in [3.63, 3.8) is 0 Å². The third-order valence-electron chi connectivity index (χ3n) is 3.98. The van der Waals surface area contributed by atoms with Crippen LogP contribution in [0.15, 0.2) is 54.1 Å². The average molecular weight is 393 g/mol. The van der Waals surface area contributed by atoms with Crippen LogP contribution in [0.3, 0.4) is 0 Å². The van der Waals surface area contributed by atoms with Crippen LogP contribution in [0, 0.1) is 11.3 Å². The molecule has 7 nitrogen and oxygen atoms in total. The van der Waals surface area contributed by atoms with Gasteiger partial charge in [-0.15, -0.1) is 0 Å². The second-order valence-electron chi connectivity index (χ2n) is 6.08. The Morgan fingerprint density at radius 3 is 2.55 bits per heavy atom. The number of rotatable bonds is 9. The molecule has 0 unspecified atom stereocenters. The van der Waals surface area contributed by atoms with E-state index in [1.807, 2.05) is 6.07 Å². The van der Waals surface area contributed by atoms with Crippen LogP contribution in [0.25, 0.3) is 6.08 Å². The first-order chi connectivity index (χ1) is 14.1. The second kappa shape index (κ2) is 11.3. The van der Waals surface area contributed by atoms with Crippen LogP contribution in [0.1, 0.15) is 22.3 Å². The SMILES string of the molecule is COCCCNC(=O)/C(C#N)=C/c1cccc(NC(=O)c2ccc(OC)cc2)c1. The fourth-order valence-corrected chi connectivity index (χ4v) is 2.48. The quantitative estimate of drug-likeness (QED) is 0.387. The van der Waals surface area contributed by atoms with Crippen molar-refractivity contribution < 1.29 is 19.1 Å². The molecule has 0 aliphatic rings. The van der Waals surface area contributed by atoms with E-state index in [-0.39, 0.29) is 11.5 Å². The summed E-state index contributed by atoms with van der Waals surface area (Å²) in [7, 11) is 3.15. The number of hydrogen-bond acceptors (Lipinski definition) is 5. The maximum atomic E-state index is 12.4. The monoisotopic (exact) mass is 393 g/mol. The molecule has 2 aromatic carbocycles. The third kappa shape index (κ3) is 6.79. The molecule has 0 atom stereocenters. The van der Waals surface area contributed by atoms with E-state index in [2.05, 4.69) is 10.6 Å². The Hall–Kier alpha value is -3.63. The van der Waals surface area contributed by atoms with Gasteiger partial charge in [-0.3, -0.25) is 9.59 Å². The Labute approximate surface area is 169 Å². The van der Waals surface area contributed by atoms with Crippen molar-refractivity contribution in [1.29, 1.82) is 5.26 Å². The topological polar surface area (TPSA) is 100 Å². The molecule has 0 fully saturated rings. The van der Waals surface area contributed by atoms with E-state index in [0.29, 0.717) is 42.1 Å². The van der Waals surface area contributed by atoms with Gasteiger partial charge < -0.3 is 20.1 Å². The van der Waals surface area contributed by atoms with Gasteiger partial charge >= 0.3 is 0 Å². The van der Waals surface area contributed by atoms with Crippen LogP contribution >= 0.6 is 0 Å². The molecule has 0 aliphatic carbocycles. The van der Waals surface area contributed by atoms with Gasteiger partial charge in [-0.1, -0.05) is 12.1 Å². The highest BCUT2D eigenvalue weighted by atomic mass is 16.5. The van der Waals surface area contributed by atoms with E-state index in [9.17, 15) is 14.9 Å². The highest BCUT2D eigenvalue weighted by molar-refractivity contribution is 6.05. The molecule has 150 valence electrons. The molecule has 2 amide bonds. The first-order valence-corrected chi connectivity index (χ1v) is 9.01. The van der Waals surface area contributed by atoms with Crippen molar-refractivity contribution >= 4 is 23.6 Å². The molecule has 0 heterocycles. The number of ether oxygens (including phenoxy) is 2. The van der Waals surface area contributed by atoms with Crippen LogP contribution in [-0.4, -0.2) is 39.2 Å². The molecular weight excluding hydrogens is 370 g/mol. The minimum Gasteiger partial charge on any atom is -0.497 e. The van der Waals surface area contributed by atoms with Crippen molar-refractivity contribution in [2.75, 3.05) is 32.7 Å². The van der Waals surface area contributed by atoms with Gasteiger partial charge in [0.1, 0.15) is 17.4 Å². The number of amides is 2. The van der Waals surface area contributed by atoms with E-state index in [0.717, 1.165) is 0 Å². The van der Waals surface area contributed by atoms with Gasteiger partial charge in [0.15, 0.2) is 0 Å². The first kappa shape index (κ1) is 21.7. The number of hydrogen-bond donors (Lipinski definition) is 2. The summed E-state index contributed by atoms with van der Waals surface area (Å²) in [6, 6.07) is 15.6. The minimum atomic E-state index is -0.448. The Morgan fingerprint density at radius 2 is 1.90 bits per heavy atom. The van der Waals surface area contributed by atoms with E-state index in [1.54, 1.807) is 62.8 Å². The van der Waals surface area contributed by atoms with E-state index in [4.69, 9.17) is 9.47 Å². The normalized spacial score (nSPS) is 10.7. The van der Waals surface area contributed by atoms with Gasteiger partial charge in [0, 0.05) is 31.5 Å². The molecular formula is C22H23N3O4. The smallest absolute Gasteiger partial charge is 0.261 e. The number of anilines is 1. The molecule has 0 spiro atoms. The molecule has 2 rings (SSSR count). The predicted molar refractivity (Wildman–Crippen MR) is 110 cm³/mol. The number of carbonyl (C=O) groups is 2. The number of carbonyl (C=O) groups excluding carboxylic acids is 2. The summed E-state index contributed by atoms with van der Waals surface area (Å²) in [5.41, 5.74) is 1.65. The molecule has 29 heavy (non-hydrogen) atoms. The van der Waals surface area contributed by atoms with Gasteiger partial charge in [-0.2, -0.15) is 5.26 Å². The second-order valence-corrected chi connectivity index (χ2v) is 6.08. The van der Waals surface area contributed by atoms with Crippen LogP contribution in [0.4, 0.5) is 5.69 Å². The van der Waals surface area contributed by atoms with Crippen molar-refractivity contribution in [3.8, 4) is 11.8 Å². The number of nitrogens with zero attached hydrogens (tertiary/aromatic N) is 1. The molecule has 0 aliphatic heterocycles. The van der Waals surface area contributed by atoms with E-state index >= 15 is 0 Å². The number of methoxy groups -OCH3 is 2. The van der Waals surface area contributed by atoms with Gasteiger partial charge in [-0.05, 0) is 54.5 Å². The molecule has 0 saturated heterocycles. The van der Waals surface area contributed by atoms with Crippen molar-refractivity contribution in [1.82, 2.24) is 5.32 Å². The summed E-state index contributed by atoms with van der Waals surface area (Å²) < 4.78 is 10.0. The summed E-state index contributed by atoms with van der Waals surface area (Å²) in [5.74, 6) is -0.0559. The van der Waals surface area contributed by atoms with Crippen LogP contribution < -0.4 is 15.4 Å². The lowest BCUT2D eigenvalue weighted by atomic mass is 10.1. The zero-order chi connectivity index (χ0) is 21.1. The fraction of sp³-hybridized carbons (Fsp3) is 0.227. The minimum absolute atomic E-state index is 0.0129. The standard InChI is InChI=1S/C22H23N3O4/c1-28-12-4-11-24-21(26)18(15-23)13-16-5-3-6-19(14-16)25-22(27)17-7-9-20(29-2)10-8-17/h3,5-10,13-14H,4,11-12H2,1-2H3,(H,24,26)(H,25,27)/b18-13+. The lowest BCUT2D eigenvalue weighted by Gasteiger charge is -2.07. The highest BCUT2D eigenvalue weighted by Gasteiger charge is 2.10. The molecule has 0 aromatic heterocycles. The zero-order valence-corrected chi connectivity index (χ0v) is 16.4. The maximum Gasteiger partial charge on any atom is 0.261 e. The lowest BCUT2D eigenvalue weighted by molar-refractivity contribution is -0.117. The van der Waals surface area contributed by atoms with Crippen LogP contribution in [0.5, 0.6) is 5.75 Å². The average Bonchev–Trinajstić information content (AvgIpc) is 2.75. The molecule has 0 radical (unpaired) electrons. The molecule has 2 aromatic rings. The number of benzene rings is 2. The summed E-state index contributed by atoms with van der Waals surface area (Å²) in [6.07, 6.45) is 2.14. The van der Waals surface area contributed by atoms with Gasteiger partial charge in [0.2, 0.25) is 0 Å². The summed E-state index contributed by atoms with van der Waals surface area (Å²) >= 11 is 0. The van der Waals surface area contributed by atoms with E-state index < -0.39 is 5.91 Å². The molecule has 7 heteroatoms. The molecule has 0 bridgehead atoms. The molecule has 0 saturated carbocycles. The third-order valence-corrected chi connectivity index (χ3v) is 3.98. The largest absolute Gasteiger partial charge is 0.497 e. The highest BCUT2D eigenvalue weighted by Crippen LogP contribution is 2.16. The summed E-state index contributed by atoms with van der Waals surface area (Å²) in [6.45, 7) is 0.950. The Kier molecular flexibility index (Phi) is 8.42. The maximum absolute atomic E-state index is 12.4. The molecule has 2 N–H and O–H groups in total. The Balaban J connectivity index is 2.06. The van der Waals surface area contributed by atoms with Gasteiger partial charge in [-0.25, -0.2) is 0 Å². The van der Waals surface area contributed by atoms with Crippen molar-refractivity contribution in [2.45, 2.75) is 6.42 Å². The van der Waals surface area contributed by atoms with Gasteiger partial charge in [0.25, 0.3) is 11.8 Å². The number of nitriles is 1. The fourth-order valence-electron chi connectivity index (χ4n) is 2.48. The van der Waals surface area contributed by atoms with Crippen LogP contribution in [0.2, 0.25) is 0 Å². The Bertz CT molecular complexity index is 914. The zero-order valence-electron chi connectivity index (χ0n) is 16.4. The van der Waals surface area contributed by atoms with Crippen LogP contribution in [-0.2, 0) is 9.53 Å². The van der Waals surface area contributed by atoms with E-state index in [1.165, 1.54) is 6.08 Å².